The van der Waals surface area contributed by atoms with E-state index in [1.165, 1.54) is 5.56 Å². The second-order valence-electron chi connectivity index (χ2n) is 7.37. The van der Waals surface area contributed by atoms with Crippen molar-refractivity contribution in [1.82, 2.24) is 15.5 Å². The van der Waals surface area contributed by atoms with E-state index in [1.807, 2.05) is 31.3 Å². The van der Waals surface area contributed by atoms with Crippen molar-refractivity contribution in [3.63, 3.8) is 0 Å². The molecule has 2 rings (SSSR count). The molecular weight excluding hydrogens is 334 g/mol. The van der Waals surface area contributed by atoms with Gasteiger partial charge in [0, 0.05) is 17.9 Å². The van der Waals surface area contributed by atoms with E-state index in [2.05, 4.69) is 31.4 Å². The summed E-state index contributed by atoms with van der Waals surface area (Å²) in [4.78, 5) is 26.9. The molecule has 2 amide bonds. The van der Waals surface area contributed by atoms with E-state index in [1.54, 1.807) is 16.7 Å². The molecule has 25 heavy (non-hydrogen) atoms. The molecule has 0 saturated carbocycles. The number of nitrogens with zero attached hydrogens (tertiary/aromatic N) is 1. The largest absolute Gasteiger partial charge is 0.354 e. The maximum absolute atomic E-state index is 12.8. The van der Waals surface area contributed by atoms with Crippen LogP contribution in [0.15, 0.2) is 24.3 Å². The minimum Gasteiger partial charge on any atom is -0.354 e. The van der Waals surface area contributed by atoms with Gasteiger partial charge in [-0.2, -0.15) is 0 Å². The molecule has 1 unspecified atom stereocenters. The lowest BCUT2D eigenvalue weighted by atomic mass is 9.86. The average molecular weight is 364 g/mol. The van der Waals surface area contributed by atoms with Gasteiger partial charge in [0.15, 0.2) is 0 Å². The Morgan fingerprint density at radius 3 is 2.48 bits per heavy atom. The number of amides is 2. The van der Waals surface area contributed by atoms with Crippen LogP contribution in [0, 0.1) is 0 Å². The van der Waals surface area contributed by atoms with E-state index < -0.39 is 0 Å². The fourth-order valence-electron chi connectivity index (χ4n) is 2.73. The first-order valence-electron chi connectivity index (χ1n) is 8.76. The average Bonchev–Trinajstić information content (AvgIpc) is 3.07. The molecule has 0 aliphatic carbocycles. The Morgan fingerprint density at radius 2 is 1.88 bits per heavy atom. The van der Waals surface area contributed by atoms with E-state index in [0.29, 0.717) is 23.7 Å². The number of hydrogen-bond donors (Lipinski definition) is 2. The molecule has 5 nitrogen and oxygen atoms in total. The van der Waals surface area contributed by atoms with Crippen molar-refractivity contribution in [2.45, 2.75) is 38.6 Å². The summed E-state index contributed by atoms with van der Waals surface area (Å²) in [6.45, 7) is 7.94. The van der Waals surface area contributed by atoms with Gasteiger partial charge in [-0.3, -0.25) is 9.59 Å². The summed E-state index contributed by atoms with van der Waals surface area (Å²) >= 11 is 1.62. The number of hydrogen-bond acceptors (Lipinski definition) is 4. The van der Waals surface area contributed by atoms with Gasteiger partial charge in [-0.05, 0) is 43.1 Å². The predicted octanol–water partition coefficient (Wildman–Crippen LogP) is 2.22. The summed E-state index contributed by atoms with van der Waals surface area (Å²) in [7, 11) is 1.89. The fourth-order valence-corrected chi connectivity index (χ4v) is 3.89. The van der Waals surface area contributed by atoms with Crippen molar-refractivity contribution < 1.29 is 9.59 Å². The Kier molecular flexibility index (Phi) is 6.90. The van der Waals surface area contributed by atoms with Crippen LogP contribution >= 0.6 is 11.8 Å². The predicted molar refractivity (Wildman–Crippen MR) is 104 cm³/mol. The maximum atomic E-state index is 12.8. The zero-order valence-electron chi connectivity index (χ0n) is 15.6. The topological polar surface area (TPSA) is 61.4 Å². The van der Waals surface area contributed by atoms with Crippen LogP contribution in [-0.4, -0.2) is 54.5 Å². The van der Waals surface area contributed by atoms with Crippen molar-refractivity contribution in [2.24, 2.45) is 0 Å². The summed E-state index contributed by atoms with van der Waals surface area (Å²) in [5.74, 6) is 1.10. The molecule has 1 aromatic carbocycles. The molecule has 1 saturated heterocycles. The summed E-state index contributed by atoms with van der Waals surface area (Å²) in [5, 5.41) is 5.99. The Morgan fingerprint density at radius 1 is 1.20 bits per heavy atom. The smallest absolute Gasteiger partial charge is 0.255 e. The van der Waals surface area contributed by atoms with E-state index in [4.69, 9.17) is 0 Å². The first-order valence-corrected chi connectivity index (χ1v) is 9.91. The molecule has 1 atom stereocenters. The van der Waals surface area contributed by atoms with Gasteiger partial charge in [0.25, 0.3) is 5.91 Å². The molecule has 1 aliphatic heterocycles. The number of rotatable bonds is 6. The monoisotopic (exact) mass is 363 g/mol. The minimum atomic E-state index is -0.380. The molecule has 1 aliphatic rings. The Labute approximate surface area is 154 Å². The van der Waals surface area contributed by atoms with Crippen molar-refractivity contribution in [3.05, 3.63) is 35.4 Å². The molecule has 1 heterocycles. The molecule has 1 fully saturated rings. The Bertz CT molecular complexity index is 596. The van der Waals surface area contributed by atoms with Crippen LogP contribution in [0.4, 0.5) is 0 Å². The first-order chi connectivity index (χ1) is 11.8. The van der Waals surface area contributed by atoms with Gasteiger partial charge >= 0.3 is 0 Å². The lowest BCUT2D eigenvalue weighted by Gasteiger charge is -2.24. The Hall–Kier alpha value is -1.53. The number of benzene rings is 1. The molecule has 2 N–H and O–H groups in total. The molecule has 0 radical (unpaired) electrons. The highest BCUT2D eigenvalue weighted by molar-refractivity contribution is 7.99. The number of thioether (sulfide) groups is 1. The number of carbonyl (C=O) groups excluding carboxylic acids is 2. The molecule has 0 aromatic heterocycles. The molecule has 1 aromatic rings. The van der Waals surface area contributed by atoms with Gasteiger partial charge < -0.3 is 15.5 Å². The minimum absolute atomic E-state index is 0.0548. The van der Waals surface area contributed by atoms with Gasteiger partial charge in [0.2, 0.25) is 5.91 Å². The van der Waals surface area contributed by atoms with Gasteiger partial charge in [0.1, 0.15) is 6.04 Å². The highest BCUT2D eigenvalue weighted by Crippen LogP contribution is 2.25. The zero-order valence-corrected chi connectivity index (χ0v) is 16.4. The molecule has 0 bridgehead atoms. The zero-order chi connectivity index (χ0) is 18.4. The van der Waals surface area contributed by atoms with Gasteiger partial charge in [-0.1, -0.05) is 32.9 Å². The van der Waals surface area contributed by atoms with Crippen LogP contribution in [0.25, 0.3) is 0 Å². The van der Waals surface area contributed by atoms with E-state index >= 15 is 0 Å². The van der Waals surface area contributed by atoms with Crippen LogP contribution in [0.5, 0.6) is 0 Å². The third-order valence-electron chi connectivity index (χ3n) is 4.35. The lowest BCUT2D eigenvalue weighted by molar-refractivity contribution is -0.124. The summed E-state index contributed by atoms with van der Waals surface area (Å²) in [6, 6.07) is 7.36. The van der Waals surface area contributed by atoms with Crippen molar-refractivity contribution in [1.29, 1.82) is 0 Å². The molecule has 0 spiro atoms. The van der Waals surface area contributed by atoms with Gasteiger partial charge in [-0.15, -0.1) is 11.8 Å². The van der Waals surface area contributed by atoms with Crippen LogP contribution in [-0.2, 0) is 10.2 Å². The maximum Gasteiger partial charge on any atom is 0.255 e. The van der Waals surface area contributed by atoms with Crippen LogP contribution < -0.4 is 10.6 Å². The number of carbonyl (C=O) groups is 2. The third-order valence-corrected chi connectivity index (χ3v) is 5.36. The Balaban J connectivity index is 2.01. The standard InChI is InChI=1S/C19H29N3O2S/c1-19(2,3)15-8-6-14(7-9-15)18(24)22-13-25-12-16(22)17(23)21-11-5-10-20-4/h6-9,16,20H,5,10-13H2,1-4H3,(H,21,23). The van der Waals surface area contributed by atoms with Crippen LogP contribution in [0.1, 0.15) is 43.1 Å². The van der Waals surface area contributed by atoms with Gasteiger partial charge in [0.05, 0.1) is 5.88 Å². The molecular formula is C19H29N3O2S. The normalized spacial score (nSPS) is 17.6. The summed E-state index contributed by atoms with van der Waals surface area (Å²) in [6.07, 6.45) is 0.879. The second kappa shape index (κ2) is 8.72. The summed E-state index contributed by atoms with van der Waals surface area (Å²) in [5.41, 5.74) is 1.89. The lowest BCUT2D eigenvalue weighted by Crippen LogP contribution is -2.47. The highest BCUT2D eigenvalue weighted by atomic mass is 32.2. The summed E-state index contributed by atoms with van der Waals surface area (Å²) < 4.78 is 0. The molecule has 6 heteroatoms. The van der Waals surface area contributed by atoms with Crippen LogP contribution in [0.3, 0.4) is 0 Å². The first kappa shape index (κ1) is 19.8. The fraction of sp³-hybridized carbons (Fsp3) is 0.579. The van der Waals surface area contributed by atoms with Crippen molar-refractivity contribution >= 4 is 23.6 Å². The van der Waals surface area contributed by atoms with Crippen molar-refractivity contribution in [3.8, 4) is 0 Å². The number of nitrogens with one attached hydrogen (secondary N) is 2. The van der Waals surface area contributed by atoms with Gasteiger partial charge in [-0.25, -0.2) is 0 Å². The third kappa shape index (κ3) is 5.22. The van der Waals surface area contributed by atoms with Crippen LogP contribution in [0.2, 0.25) is 0 Å². The van der Waals surface area contributed by atoms with E-state index in [0.717, 1.165) is 13.0 Å². The van der Waals surface area contributed by atoms with Crippen molar-refractivity contribution in [2.75, 3.05) is 31.8 Å². The SMILES string of the molecule is CNCCCNC(=O)C1CSCN1C(=O)c1ccc(C(C)(C)C)cc1. The quantitative estimate of drug-likeness (QED) is 0.761. The highest BCUT2D eigenvalue weighted by Gasteiger charge is 2.34. The molecule has 138 valence electrons. The van der Waals surface area contributed by atoms with E-state index in [9.17, 15) is 9.59 Å². The second-order valence-corrected chi connectivity index (χ2v) is 8.37. The van der Waals surface area contributed by atoms with E-state index in [-0.39, 0.29) is 23.3 Å².